The normalized spacial score (nSPS) is 12.6. The van der Waals surface area contributed by atoms with Gasteiger partial charge in [-0.3, -0.25) is 4.79 Å². The van der Waals surface area contributed by atoms with Crippen molar-refractivity contribution in [2.45, 2.75) is 13.8 Å². The lowest BCUT2D eigenvalue weighted by Crippen LogP contribution is -2.22. The average Bonchev–Trinajstić information content (AvgIpc) is 3.03. The topological polar surface area (TPSA) is 54.6 Å². The van der Waals surface area contributed by atoms with Crippen molar-refractivity contribution in [1.29, 1.82) is 0 Å². The Morgan fingerprint density at radius 3 is 2.44 bits per heavy atom. The number of imidazole rings is 1. The van der Waals surface area contributed by atoms with Gasteiger partial charge in [-0.1, -0.05) is 11.3 Å². The number of halogens is 2. The molecule has 0 saturated heterocycles. The molecule has 0 radical (unpaired) electrons. The van der Waals surface area contributed by atoms with Crippen molar-refractivity contribution in [3.8, 4) is 5.75 Å². The molecule has 126 valence electrons. The van der Waals surface area contributed by atoms with Crippen LogP contribution in [0.15, 0.2) is 38.0 Å². The van der Waals surface area contributed by atoms with Crippen LogP contribution in [0.5, 0.6) is 5.75 Å². The second-order valence-electron chi connectivity index (χ2n) is 5.90. The first kappa shape index (κ1) is 16.8. The van der Waals surface area contributed by atoms with E-state index in [9.17, 15) is 9.90 Å². The molecule has 2 aromatic carbocycles. The summed E-state index contributed by atoms with van der Waals surface area (Å²) in [5.41, 5.74) is 4.72. The van der Waals surface area contributed by atoms with Crippen LogP contribution in [0.1, 0.15) is 16.7 Å². The maximum atomic E-state index is 12.9. The number of aromatic hydroxyl groups is 1. The van der Waals surface area contributed by atoms with Crippen molar-refractivity contribution >= 4 is 65.3 Å². The third-order valence-corrected chi connectivity index (χ3v) is 6.37. The van der Waals surface area contributed by atoms with Crippen molar-refractivity contribution in [1.82, 2.24) is 9.38 Å². The molecule has 0 aliphatic rings. The summed E-state index contributed by atoms with van der Waals surface area (Å²) in [7, 11) is 0. The van der Waals surface area contributed by atoms with Crippen LogP contribution in [0, 0.1) is 13.8 Å². The number of nitrogens with zero attached hydrogens (tertiary/aromatic N) is 2. The largest absolute Gasteiger partial charge is 0.506 e. The molecular weight excluding hydrogens is 468 g/mol. The third-order valence-electron chi connectivity index (χ3n) is 4.19. The first-order chi connectivity index (χ1) is 11.8. The van der Waals surface area contributed by atoms with Crippen LogP contribution in [0.4, 0.5) is 0 Å². The van der Waals surface area contributed by atoms with Gasteiger partial charge in [-0.05, 0) is 92.7 Å². The molecule has 0 atom stereocenters. The molecule has 0 aliphatic carbocycles. The van der Waals surface area contributed by atoms with E-state index in [0.717, 1.165) is 27.7 Å². The highest BCUT2D eigenvalue weighted by Crippen LogP contribution is 2.33. The van der Waals surface area contributed by atoms with Crippen molar-refractivity contribution in [2.75, 3.05) is 0 Å². The highest BCUT2D eigenvalue weighted by atomic mass is 79.9. The number of hydrogen-bond donors (Lipinski definition) is 1. The van der Waals surface area contributed by atoms with Crippen LogP contribution in [0.2, 0.25) is 0 Å². The molecule has 4 rings (SSSR count). The number of aryl methyl sites for hydroxylation is 2. The molecule has 0 amide bonds. The summed E-state index contributed by atoms with van der Waals surface area (Å²) < 4.78 is 3.41. The zero-order chi connectivity index (χ0) is 17.9. The van der Waals surface area contributed by atoms with Gasteiger partial charge in [0.25, 0.3) is 5.56 Å². The van der Waals surface area contributed by atoms with Crippen LogP contribution in [-0.4, -0.2) is 14.5 Å². The molecule has 0 aliphatic heterocycles. The number of fused-ring (bicyclic) bond motifs is 3. The fraction of sp³-hybridized carbons (Fsp3) is 0.111. The molecule has 7 heteroatoms. The van der Waals surface area contributed by atoms with Gasteiger partial charge in [0.2, 0.25) is 0 Å². The highest BCUT2D eigenvalue weighted by Gasteiger charge is 2.13. The van der Waals surface area contributed by atoms with Crippen LogP contribution < -0.4 is 10.1 Å². The Labute approximate surface area is 163 Å². The van der Waals surface area contributed by atoms with Gasteiger partial charge in [0.15, 0.2) is 4.96 Å². The summed E-state index contributed by atoms with van der Waals surface area (Å²) in [5, 5.41) is 9.82. The number of phenols is 1. The van der Waals surface area contributed by atoms with Gasteiger partial charge < -0.3 is 5.11 Å². The SMILES string of the molecule is Cc1cc2nc3s/c(=C\c4cc(Br)c(O)c(Br)c4)c(=O)n3c2cc1C. The Kier molecular flexibility index (Phi) is 3.97. The molecule has 4 aromatic rings. The van der Waals surface area contributed by atoms with Gasteiger partial charge in [-0.2, -0.15) is 0 Å². The summed E-state index contributed by atoms with van der Waals surface area (Å²) in [5.74, 6) is 0.136. The van der Waals surface area contributed by atoms with Crippen LogP contribution >= 0.6 is 43.2 Å². The van der Waals surface area contributed by atoms with Crippen molar-refractivity contribution in [3.05, 3.63) is 64.8 Å². The van der Waals surface area contributed by atoms with Crippen LogP contribution in [0.3, 0.4) is 0 Å². The van der Waals surface area contributed by atoms with Gasteiger partial charge in [0.1, 0.15) is 5.75 Å². The molecule has 0 bridgehead atoms. The second-order valence-corrected chi connectivity index (χ2v) is 8.62. The van der Waals surface area contributed by atoms with E-state index in [2.05, 4.69) is 36.8 Å². The molecule has 25 heavy (non-hydrogen) atoms. The lowest BCUT2D eigenvalue weighted by molar-refractivity contribution is 0.468. The number of benzene rings is 2. The number of phenolic OH excluding ortho intramolecular Hbond substituents is 1. The van der Waals surface area contributed by atoms with E-state index in [-0.39, 0.29) is 11.3 Å². The zero-order valence-electron chi connectivity index (χ0n) is 13.3. The maximum absolute atomic E-state index is 12.9. The van der Waals surface area contributed by atoms with E-state index in [1.807, 2.05) is 32.1 Å². The highest BCUT2D eigenvalue weighted by molar-refractivity contribution is 9.11. The van der Waals surface area contributed by atoms with Gasteiger partial charge in [-0.25, -0.2) is 9.38 Å². The van der Waals surface area contributed by atoms with Gasteiger partial charge in [0.05, 0.1) is 24.5 Å². The minimum absolute atomic E-state index is 0.0777. The molecule has 0 saturated carbocycles. The summed E-state index contributed by atoms with van der Waals surface area (Å²) in [4.78, 5) is 18.2. The zero-order valence-corrected chi connectivity index (χ0v) is 17.3. The Morgan fingerprint density at radius 1 is 1.12 bits per heavy atom. The fourth-order valence-electron chi connectivity index (χ4n) is 2.74. The lowest BCUT2D eigenvalue weighted by atomic mass is 10.1. The van der Waals surface area contributed by atoms with E-state index in [4.69, 9.17) is 0 Å². The fourth-order valence-corrected chi connectivity index (χ4v) is 4.95. The Morgan fingerprint density at radius 2 is 1.76 bits per heavy atom. The van der Waals surface area contributed by atoms with E-state index in [0.29, 0.717) is 18.4 Å². The summed E-state index contributed by atoms with van der Waals surface area (Å²) in [6, 6.07) is 7.57. The van der Waals surface area contributed by atoms with Crippen molar-refractivity contribution in [3.63, 3.8) is 0 Å². The standard InChI is InChI=1S/C18H12Br2N2O2S/c1-8-3-13-14(4-9(8)2)22-17(24)15(25-18(22)21-13)7-10-5-11(19)16(23)12(20)6-10/h3-7,23H,1-2H3/b15-7-. The number of rotatable bonds is 1. The molecule has 0 unspecified atom stereocenters. The minimum atomic E-state index is -0.0777. The third kappa shape index (κ3) is 2.70. The molecule has 2 heterocycles. The van der Waals surface area contributed by atoms with E-state index in [1.54, 1.807) is 16.5 Å². The minimum Gasteiger partial charge on any atom is -0.506 e. The molecule has 2 aromatic heterocycles. The Hall–Kier alpha value is -1.70. The van der Waals surface area contributed by atoms with E-state index >= 15 is 0 Å². The van der Waals surface area contributed by atoms with Gasteiger partial charge in [0, 0.05) is 0 Å². The molecular formula is C18H12Br2N2O2S. The average molecular weight is 480 g/mol. The first-order valence-corrected chi connectivity index (χ1v) is 9.87. The van der Waals surface area contributed by atoms with Crippen molar-refractivity contribution in [2.24, 2.45) is 0 Å². The summed E-state index contributed by atoms with van der Waals surface area (Å²) in [6.45, 7) is 4.07. The predicted molar refractivity (Wildman–Crippen MR) is 109 cm³/mol. The Balaban J connectivity index is 1.99. The Bertz CT molecular complexity index is 1250. The second kappa shape index (κ2) is 5.93. The maximum Gasteiger partial charge on any atom is 0.274 e. The monoisotopic (exact) mass is 478 g/mol. The molecule has 1 N–H and O–H groups in total. The van der Waals surface area contributed by atoms with Gasteiger partial charge >= 0.3 is 0 Å². The number of hydrogen-bond acceptors (Lipinski definition) is 4. The smallest absolute Gasteiger partial charge is 0.274 e. The quantitative estimate of drug-likeness (QED) is 0.442. The van der Waals surface area contributed by atoms with E-state index in [1.165, 1.54) is 11.3 Å². The predicted octanol–water partition coefficient (Wildman–Crippen LogP) is 4.30. The lowest BCUT2D eigenvalue weighted by Gasteiger charge is -2.01. The van der Waals surface area contributed by atoms with Gasteiger partial charge in [-0.15, -0.1) is 0 Å². The molecule has 0 fully saturated rings. The summed E-state index contributed by atoms with van der Waals surface area (Å²) >= 11 is 7.98. The van der Waals surface area contributed by atoms with Crippen molar-refractivity contribution < 1.29 is 5.11 Å². The van der Waals surface area contributed by atoms with Crippen LogP contribution in [-0.2, 0) is 0 Å². The van der Waals surface area contributed by atoms with Crippen LogP contribution in [0.25, 0.3) is 22.1 Å². The number of aromatic nitrogens is 2. The summed E-state index contributed by atoms with van der Waals surface area (Å²) in [6.07, 6.45) is 1.81. The number of thiazole rings is 1. The first-order valence-electron chi connectivity index (χ1n) is 7.47. The molecule has 0 spiro atoms. The molecule has 4 nitrogen and oxygen atoms in total. The van der Waals surface area contributed by atoms with E-state index < -0.39 is 0 Å².